The predicted octanol–water partition coefficient (Wildman–Crippen LogP) is 3.37. The monoisotopic (exact) mass is 372 g/mol. The normalized spacial score (nSPS) is 17.4. The summed E-state index contributed by atoms with van der Waals surface area (Å²) >= 11 is 0. The molecule has 3 aromatic heterocycles. The molecule has 1 fully saturated rings. The second-order valence-electron chi connectivity index (χ2n) is 7.20. The highest BCUT2D eigenvalue weighted by atomic mass is 16.4. The van der Waals surface area contributed by atoms with E-state index in [2.05, 4.69) is 49.3 Å². The summed E-state index contributed by atoms with van der Waals surface area (Å²) in [6.45, 7) is 4.59. The molecule has 1 aliphatic heterocycles. The van der Waals surface area contributed by atoms with Gasteiger partial charge in [-0.1, -0.05) is 24.3 Å². The largest absolute Gasteiger partial charge is 0.419 e. The van der Waals surface area contributed by atoms with Crippen LogP contribution in [0.2, 0.25) is 0 Å². The Labute approximate surface area is 162 Å². The highest BCUT2D eigenvalue weighted by Gasteiger charge is 2.28. The van der Waals surface area contributed by atoms with Crippen molar-refractivity contribution in [3.05, 3.63) is 66.1 Å². The smallest absolute Gasteiger partial charge is 0.267 e. The molecule has 5 rings (SSSR count). The van der Waals surface area contributed by atoms with Crippen molar-refractivity contribution in [1.29, 1.82) is 0 Å². The van der Waals surface area contributed by atoms with Crippen molar-refractivity contribution in [3.63, 3.8) is 0 Å². The van der Waals surface area contributed by atoms with Crippen LogP contribution >= 0.6 is 0 Å². The van der Waals surface area contributed by atoms with Gasteiger partial charge in [0.05, 0.1) is 29.0 Å². The predicted molar refractivity (Wildman–Crippen MR) is 104 cm³/mol. The zero-order valence-corrected chi connectivity index (χ0v) is 15.6. The highest BCUT2D eigenvalue weighted by Crippen LogP contribution is 2.29. The molecule has 0 N–H and O–H groups in total. The molecule has 0 saturated carbocycles. The first-order valence-electron chi connectivity index (χ1n) is 9.44. The molecule has 0 spiro atoms. The van der Waals surface area contributed by atoms with Crippen molar-refractivity contribution in [2.45, 2.75) is 25.8 Å². The van der Waals surface area contributed by atoms with Crippen LogP contribution in [0.3, 0.4) is 0 Å². The van der Waals surface area contributed by atoms with Crippen LogP contribution in [0.5, 0.6) is 0 Å². The number of aryl methyl sites for hydroxylation is 1. The number of hydrogen-bond acceptors (Lipinski definition) is 7. The first-order chi connectivity index (χ1) is 13.7. The van der Waals surface area contributed by atoms with Crippen LogP contribution in [0, 0.1) is 6.92 Å². The van der Waals surface area contributed by atoms with Crippen molar-refractivity contribution in [1.82, 2.24) is 30.0 Å². The van der Waals surface area contributed by atoms with Gasteiger partial charge in [0.1, 0.15) is 5.69 Å². The maximum atomic E-state index is 5.88. The van der Waals surface area contributed by atoms with Crippen molar-refractivity contribution >= 4 is 10.9 Å². The molecule has 0 aliphatic carbocycles. The summed E-state index contributed by atoms with van der Waals surface area (Å²) in [6.07, 6.45) is 4.36. The Morgan fingerprint density at radius 3 is 2.89 bits per heavy atom. The van der Waals surface area contributed by atoms with Crippen LogP contribution < -0.4 is 0 Å². The summed E-state index contributed by atoms with van der Waals surface area (Å²) in [5.74, 6) is 1.34. The standard InChI is InChI=1S/C21H20N6O/c1-14-10-23-19(11-22-14)21-26-25-20(28-21)16-8-9-27(12-16)13-17-7-6-15-4-2-3-5-18(15)24-17/h2-7,10-11,16H,8-9,12-13H2,1H3/t16-/m0/s1. The molecule has 28 heavy (non-hydrogen) atoms. The minimum atomic E-state index is 0.236. The number of rotatable bonds is 4. The SMILES string of the molecule is Cc1cnc(-c2nnc([C@H]3CCN(Cc4ccc5ccccc5n4)C3)o2)cn1. The van der Waals surface area contributed by atoms with E-state index in [-0.39, 0.29) is 5.92 Å². The molecule has 1 saturated heterocycles. The Hall–Kier alpha value is -3.19. The zero-order valence-electron chi connectivity index (χ0n) is 15.6. The van der Waals surface area contributed by atoms with Crippen molar-refractivity contribution in [3.8, 4) is 11.6 Å². The second-order valence-corrected chi connectivity index (χ2v) is 7.20. The number of aromatic nitrogens is 5. The third-order valence-electron chi connectivity index (χ3n) is 5.10. The van der Waals surface area contributed by atoms with Gasteiger partial charge in [-0.3, -0.25) is 14.9 Å². The van der Waals surface area contributed by atoms with E-state index in [0.717, 1.165) is 43.0 Å². The van der Waals surface area contributed by atoms with E-state index in [4.69, 9.17) is 9.40 Å². The molecule has 7 nitrogen and oxygen atoms in total. The third kappa shape index (κ3) is 3.36. The number of hydrogen-bond donors (Lipinski definition) is 0. The minimum Gasteiger partial charge on any atom is -0.419 e. The van der Waals surface area contributed by atoms with Crippen LogP contribution in [0.15, 0.2) is 53.2 Å². The summed E-state index contributed by atoms with van der Waals surface area (Å²) in [4.78, 5) is 15.7. The number of pyridine rings is 1. The molecular weight excluding hydrogens is 352 g/mol. The topological polar surface area (TPSA) is 80.8 Å². The van der Waals surface area contributed by atoms with Gasteiger partial charge in [-0.25, -0.2) is 4.98 Å². The number of para-hydroxylation sites is 1. The molecule has 7 heteroatoms. The fourth-order valence-electron chi connectivity index (χ4n) is 3.61. The van der Waals surface area contributed by atoms with Crippen LogP contribution in [0.1, 0.15) is 29.6 Å². The maximum Gasteiger partial charge on any atom is 0.267 e. The molecular formula is C21H20N6O. The average molecular weight is 372 g/mol. The summed E-state index contributed by atoms with van der Waals surface area (Å²) in [5.41, 5.74) is 3.59. The number of likely N-dealkylation sites (tertiary alicyclic amines) is 1. The summed E-state index contributed by atoms with van der Waals surface area (Å²) in [6, 6.07) is 12.4. The van der Waals surface area contributed by atoms with Crippen LogP contribution in [-0.2, 0) is 6.54 Å². The number of nitrogens with zero attached hydrogens (tertiary/aromatic N) is 6. The first kappa shape index (κ1) is 16.9. The lowest BCUT2D eigenvalue weighted by atomic mass is 10.1. The van der Waals surface area contributed by atoms with Crippen LogP contribution in [0.25, 0.3) is 22.5 Å². The second kappa shape index (κ2) is 7.09. The van der Waals surface area contributed by atoms with E-state index in [1.807, 2.05) is 19.1 Å². The lowest BCUT2D eigenvalue weighted by Gasteiger charge is -2.14. The molecule has 1 aliphatic rings. The fraction of sp³-hybridized carbons (Fsp3) is 0.286. The fourth-order valence-corrected chi connectivity index (χ4v) is 3.61. The molecule has 4 heterocycles. The van der Waals surface area contributed by atoms with Gasteiger partial charge in [-0.15, -0.1) is 10.2 Å². The highest BCUT2D eigenvalue weighted by molar-refractivity contribution is 5.78. The molecule has 0 bridgehead atoms. The molecule has 1 aromatic carbocycles. The van der Waals surface area contributed by atoms with Crippen molar-refractivity contribution in [2.24, 2.45) is 0 Å². The van der Waals surface area contributed by atoms with E-state index < -0.39 is 0 Å². The Morgan fingerprint density at radius 1 is 1.07 bits per heavy atom. The van der Waals surface area contributed by atoms with Crippen molar-refractivity contribution in [2.75, 3.05) is 13.1 Å². The molecule has 140 valence electrons. The first-order valence-corrected chi connectivity index (χ1v) is 9.44. The Balaban J connectivity index is 1.27. The van der Waals surface area contributed by atoms with Gasteiger partial charge in [-0.2, -0.15) is 0 Å². The van der Waals surface area contributed by atoms with E-state index in [1.165, 1.54) is 5.39 Å². The van der Waals surface area contributed by atoms with Gasteiger partial charge in [0.2, 0.25) is 5.89 Å². The van der Waals surface area contributed by atoms with Crippen LogP contribution in [0.4, 0.5) is 0 Å². The van der Waals surface area contributed by atoms with Gasteiger partial charge < -0.3 is 4.42 Å². The quantitative estimate of drug-likeness (QED) is 0.543. The Morgan fingerprint density at radius 2 is 2.00 bits per heavy atom. The summed E-state index contributed by atoms with van der Waals surface area (Å²) < 4.78 is 5.88. The minimum absolute atomic E-state index is 0.236. The Bertz CT molecular complexity index is 1110. The molecule has 1 atom stereocenters. The summed E-state index contributed by atoms with van der Waals surface area (Å²) in [5, 5.41) is 9.58. The maximum absolute atomic E-state index is 5.88. The van der Waals surface area contributed by atoms with Crippen molar-refractivity contribution < 1.29 is 4.42 Å². The summed E-state index contributed by atoms with van der Waals surface area (Å²) in [7, 11) is 0. The van der Waals surface area contributed by atoms with Gasteiger partial charge in [-0.05, 0) is 32.0 Å². The van der Waals surface area contributed by atoms with E-state index >= 15 is 0 Å². The number of benzene rings is 1. The Kier molecular flexibility index (Phi) is 4.29. The molecule has 4 aromatic rings. The third-order valence-corrected chi connectivity index (χ3v) is 5.10. The van der Waals surface area contributed by atoms with Gasteiger partial charge in [0.25, 0.3) is 5.89 Å². The van der Waals surface area contributed by atoms with E-state index in [0.29, 0.717) is 17.5 Å². The zero-order chi connectivity index (χ0) is 18.9. The van der Waals surface area contributed by atoms with Gasteiger partial charge in [0.15, 0.2) is 0 Å². The van der Waals surface area contributed by atoms with E-state index in [1.54, 1.807) is 12.4 Å². The molecule has 0 amide bonds. The lowest BCUT2D eigenvalue weighted by Crippen LogP contribution is -2.20. The lowest BCUT2D eigenvalue weighted by molar-refractivity contribution is 0.317. The number of fused-ring (bicyclic) bond motifs is 1. The molecule has 0 unspecified atom stereocenters. The van der Waals surface area contributed by atoms with Crippen LogP contribution in [-0.4, -0.2) is 43.1 Å². The van der Waals surface area contributed by atoms with Gasteiger partial charge >= 0.3 is 0 Å². The van der Waals surface area contributed by atoms with Gasteiger partial charge in [0, 0.05) is 24.7 Å². The molecule has 0 radical (unpaired) electrons. The van der Waals surface area contributed by atoms with E-state index in [9.17, 15) is 0 Å². The average Bonchev–Trinajstić information content (AvgIpc) is 3.38.